The molecule has 0 saturated heterocycles. The lowest BCUT2D eigenvalue weighted by molar-refractivity contribution is 0.253. The zero-order valence-electron chi connectivity index (χ0n) is 10.8. The minimum atomic E-state index is -0.313. The maximum atomic E-state index is 9.87. The lowest BCUT2D eigenvalue weighted by Crippen LogP contribution is -2.07. The molecule has 19 heavy (non-hydrogen) atoms. The molecule has 0 radical (unpaired) electrons. The van der Waals surface area contributed by atoms with E-state index in [1.165, 1.54) is 0 Å². The maximum absolute atomic E-state index is 9.87. The van der Waals surface area contributed by atoms with Crippen LogP contribution < -0.4 is 0 Å². The van der Waals surface area contributed by atoms with Gasteiger partial charge in [-0.15, -0.1) is 0 Å². The van der Waals surface area contributed by atoms with E-state index in [0.29, 0.717) is 28.9 Å². The summed E-state index contributed by atoms with van der Waals surface area (Å²) in [5.74, 6) is -0.0386. The Kier molecular flexibility index (Phi) is 4.14. The molecule has 0 aliphatic heterocycles. The van der Waals surface area contributed by atoms with E-state index in [1.54, 1.807) is 6.92 Å². The van der Waals surface area contributed by atoms with Gasteiger partial charge in [0.05, 0.1) is 24.6 Å². The van der Waals surface area contributed by atoms with E-state index in [9.17, 15) is 15.3 Å². The molecule has 100 valence electrons. The number of aromatic nitrogens is 1. The summed E-state index contributed by atoms with van der Waals surface area (Å²) >= 11 is 0. The van der Waals surface area contributed by atoms with Crippen LogP contribution in [0.1, 0.15) is 28.1 Å². The highest BCUT2D eigenvalue weighted by molar-refractivity contribution is 5.44. The Morgan fingerprint density at radius 3 is 2.21 bits per heavy atom. The quantitative estimate of drug-likeness (QED) is 0.781. The van der Waals surface area contributed by atoms with Crippen LogP contribution in [0.4, 0.5) is 0 Å². The van der Waals surface area contributed by atoms with Gasteiger partial charge in [0.25, 0.3) is 0 Å². The predicted octanol–water partition coefficient (Wildman–Crippen LogP) is 1.67. The summed E-state index contributed by atoms with van der Waals surface area (Å²) < 4.78 is 0. The Labute approximate surface area is 112 Å². The number of hydrogen-bond acceptors (Lipinski definition) is 4. The number of benzene rings is 1. The van der Waals surface area contributed by atoms with Crippen molar-refractivity contribution >= 4 is 0 Å². The normalized spacial score (nSPS) is 10.7. The SMILES string of the molecule is Cc1nc(Cc2ccccc2)c(CO)c(CO)c1O. The minimum Gasteiger partial charge on any atom is -0.506 e. The van der Waals surface area contributed by atoms with Crippen molar-refractivity contribution < 1.29 is 15.3 Å². The number of pyridine rings is 1. The monoisotopic (exact) mass is 259 g/mol. The van der Waals surface area contributed by atoms with Crippen molar-refractivity contribution in [1.29, 1.82) is 0 Å². The second-order valence-electron chi connectivity index (χ2n) is 4.43. The van der Waals surface area contributed by atoms with Crippen LogP contribution in [-0.2, 0) is 19.6 Å². The fraction of sp³-hybridized carbons (Fsp3) is 0.267. The van der Waals surface area contributed by atoms with E-state index in [4.69, 9.17) is 0 Å². The van der Waals surface area contributed by atoms with E-state index >= 15 is 0 Å². The van der Waals surface area contributed by atoms with E-state index in [-0.39, 0.29) is 19.0 Å². The first-order valence-electron chi connectivity index (χ1n) is 6.13. The van der Waals surface area contributed by atoms with Gasteiger partial charge in [-0.05, 0) is 12.5 Å². The van der Waals surface area contributed by atoms with Crippen LogP contribution in [0.5, 0.6) is 5.75 Å². The van der Waals surface area contributed by atoms with Crippen molar-refractivity contribution in [3.8, 4) is 5.75 Å². The number of aryl methyl sites for hydroxylation is 1. The second kappa shape index (κ2) is 5.82. The molecule has 0 aliphatic carbocycles. The van der Waals surface area contributed by atoms with Crippen molar-refractivity contribution in [3.63, 3.8) is 0 Å². The zero-order chi connectivity index (χ0) is 13.8. The molecular weight excluding hydrogens is 242 g/mol. The van der Waals surface area contributed by atoms with E-state index in [2.05, 4.69) is 4.98 Å². The third-order valence-electron chi connectivity index (χ3n) is 3.17. The molecule has 4 nitrogen and oxygen atoms in total. The number of rotatable bonds is 4. The molecule has 1 heterocycles. The molecular formula is C15H17NO3. The van der Waals surface area contributed by atoms with Gasteiger partial charge in [-0.1, -0.05) is 30.3 Å². The maximum Gasteiger partial charge on any atom is 0.142 e. The molecule has 0 spiro atoms. The Bertz CT molecular complexity index is 567. The third-order valence-corrected chi connectivity index (χ3v) is 3.17. The molecule has 4 heteroatoms. The first-order valence-corrected chi connectivity index (χ1v) is 6.13. The molecule has 0 bridgehead atoms. The molecule has 2 aromatic rings. The fourth-order valence-electron chi connectivity index (χ4n) is 2.15. The highest BCUT2D eigenvalue weighted by Gasteiger charge is 2.16. The minimum absolute atomic E-state index is 0.0386. The summed E-state index contributed by atoms with van der Waals surface area (Å²) in [6, 6.07) is 9.76. The molecule has 0 aliphatic rings. The lowest BCUT2D eigenvalue weighted by atomic mass is 10.00. The summed E-state index contributed by atoms with van der Waals surface area (Å²) in [4.78, 5) is 4.33. The molecule has 2 rings (SSSR count). The Morgan fingerprint density at radius 2 is 1.63 bits per heavy atom. The van der Waals surface area contributed by atoms with Crippen LogP contribution in [0, 0.1) is 6.92 Å². The van der Waals surface area contributed by atoms with Crippen LogP contribution in [0.25, 0.3) is 0 Å². The van der Waals surface area contributed by atoms with Crippen molar-refractivity contribution in [1.82, 2.24) is 4.98 Å². The molecule has 0 amide bonds. The van der Waals surface area contributed by atoms with Gasteiger partial charge in [0, 0.05) is 17.5 Å². The average Bonchev–Trinajstić information content (AvgIpc) is 2.43. The van der Waals surface area contributed by atoms with E-state index < -0.39 is 0 Å². The van der Waals surface area contributed by atoms with Crippen LogP contribution >= 0.6 is 0 Å². The zero-order valence-corrected chi connectivity index (χ0v) is 10.8. The van der Waals surface area contributed by atoms with Crippen molar-refractivity contribution in [2.24, 2.45) is 0 Å². The Balaban J connectivity index is 2.48. The number of aromatic hydroxyl groups is 1. The summed E-state index contributed by atoms with van der Waals surface area (Å²) in [5.41, 5.74) is 3.09. The van der Waals surface area contributed by atoms with Gasteiger partial charge in [0.15, 0.2) is 0 Å². The van der Waals surface area contributed by atoms with Gasteiger partial charge in [0.2, 0.25) is 0 Å². The number of hydrogen-bond donors (Lipinski definition) is 3. The molecule has 0 atom stereocenters. The van der Waals surface area contributed by atoms with Crippen LogP contribution in [-0.4, -0.2) is 20.3 Å². The fourth-order valence-corrected chi connectivity index (χ4v) is 2.15. The van der Waals surface area contributed by atoms with E-state index in [1.807, 2.05) is 30.3 Å². The largest absolute Gasteiger partial charge is 0.506 e. The summed E-state index contributed by atoms with van der Waals surface area (Å²) in [6.45, 7) is 1.12. The van der Waals surface area contributed by atoms with Crippen LogP contribution in [0.2, 0.25) is 0 Å². The van der Waals surface area contributed by atoms with Crippen molar-refractivity contribution in [3.05, 3.63) is 58.4 Å². The molecule has 0 saturated carbocycles. The highest BCUT2D eigenvalue weighted by Crippen LogP contribution is 2.27. The standard InChI is InChI=1S/C15H17NO3/c1-10-15(19)13(9-18)12(8-17)14(16-10)7-11-5-3-2-4-6-11/h2-6,17-19H,7-9H2,1H3. The summed E-state index contributed by atoms with van der Waals surface area (Å²) in [5, 5.41) is 28.7. The van der Waals surface area contributed by atoms with Gasteiger partial charge < -0.3 is 15.3 Å². The number of aliphatic hydroxyl groups is 2. The molecule has 1 aromatic carbocycles. The first kappa shape index (κ1) is 13.5. The Hall–Kier alpha value is -1.91. The van der Waals surface area contributed by atoms with Gasteiger partial charge >= 0.3 is 0 Å². The highest BCUT2D eigenvalue weighted by atomic mass is 16.3. The summed E-state index contributed by atoms with van der Waals surface area (Å²) in [6.07, 6.45) is 0.560. The second-order valence-corrected chi connectivity index (χ2v) is 4.43. The van der Waals surface area contributed by atoms with E-state index in [0.717, 1.165) is 5.56 Å². The molecule has 0 fully saturated rings. The van der Waals surface area contributed by atoms with Gasteiger partial charge in [0.1, 0.15) is 5.75 Å². The summed E-state index contributed by atoms with van der Waals surface area (Å²) in [7, 11) is 0. The Morgan fingerprint density at radius 1 is 1.00 bits per heavy atom. The predicted molar refractivity (Wildman–Crippen MR) is 71.7 cm³/mol. The third kappa shape index (κ3) is 2.75. The average molecular weight is 259 g/mol. The number of nitrogens with zero attached hydrogens (tertiary/aromatic N) is 1. The van der Waals surface area contributed by atoms with Crippen molar-refractivity contribution in [2.75, 3.05) is 0 Å². The molecule has 1 aromatic heterocycles. The lowest BCUT2D eigenvalue weighted by Gasteiger charge is -2.14. The van der Waals surface area contributed by atoms with Gasteiger partial charge in [-0.3, -0.25) is 4.98 Å². The topological polar surface area (TPSA) is 73.6 Å². The molecule has 0 unspecified atom stereocenters. The van der Waals surface area contributed by atoms with Gasteiger partial charge in [-0.2, -0.15) is 0 Å². The first-order chi connectivity index (χ1) is 9.17. The van der Waals surface area contributed by atoms with Crippen LogP contribution in [0.15, 0.2) is 30.3 Å². The van der Waals surface area contributed by atoms with Gasteiger partial charge in [-0.25, -0.2) is 0 Å². The molecule has 3 N–H and O–H groups in total. The van der Waals surface area contributed by atoms with Crippen molar-refractivity contribution in [2.45, 2.75) is 26.6 Å². The van der Waals surface area contributed by atoms with Crippen LogP contribution in [0.3, 0.4) is 0 Å². The number of aliphatic hydroxyl groups excluding tert-OH is 2. The smallest absolute Gasteiger partial charge is 0.142 e.